The number of ether oxygens (including phenoxy) is 1. The van der Waals surface area contributed by atoms with Crippen LogP contribution in [0.15, 0.2) is 0 Å². The van der Waals surface area contributed by atoms with Crippen LogP contribution in [0.25, 0.3) is 0 Å². The molecule has 0 aromatic carbocycles. The fraction of sp³-hybridized carbons (Fsp3) is 0.923. The van der Waals surface area contributed by atoms with E-state index in [0.717, 1.165) is 11.8 Å². The summed E-state index contributed by atoms with van der Waals surface area (Å²) in [6.45, 7) is 6.56. The Labute approximate surface area is 110 Å². The third-order valence-electron chi connectivity index (χ3n) is 2.38. The normalized spacial score (nSPS) is 38.4. The Morgan fingerprint density at radius 3 is 2.41 bits per heavy atom. The Hall–Kier alpha value is -0.770. The van der Waals surface area contributed by atoms with Crippen LogP contribution in [0.1, 0.15) is 59.8 Å². The van der Waals surface area contributed by atoms with E-state index in [2.05, 4.69) is 0 Å². The van der Waals surface area contributed by atoms with Crippen LogP contribution >= 0.6 is 0 Å². The summed E-state index contributed by atoms with van der Waals surface area (Å²) in [5.41, 5.74) is -4.31. The fourth-order valence-corrected chi connectivity index (χ4v) is 1.48. The Morgan fingerprint density at radius 2 is 1.94 bits per heavy atom. The van der Waals surface area contributed by atoms with Gasteiger partial charge >= 0.3 is 6.09 Å². The average molecular weight is 247 g/mol. The Balaban J connectivity index is 3.33. The van der Waals surface area contributed by atoms with Gasteiger partial charge in [-0.25, -0.2) is 4.79 Å². The molecule has 1 fully saturated rings. The molecular formula is C13H25NO3. The molecule has 1 unspecified atom stereocenters. The van der Waals surface area contributed by atoms with Crippen molar-refractivity contribution < 1.29 is 20.1 Å². The van der Waals surface area contributed by atoms with Gasteiger partial charge in [-0.2, -0.15) is 0 Å². The van der Waals surface area contributed by atoms with Crippen LogP contribution in [-0.4, -0.2) is 39.3 Å². The van der Waals surface area contributed by atoms with Crippen LogP contribution in [-0.2, 0) is 4.74 Å². The first-order valence-electron chi connectivity index (χ1n) is 7.71. The first-order valence-corrected chi connectivity index (χ1v) is 5.71. The number of aliphatic hydroxyl groups is 1. The molecule has 4 heteroatoms. The fourth-order valence-electron chi connectivity index (χ4n) is 1.48. The lowest BCUT2D eigenvalue weighted by atomic mass is 9.83. The molecule has 1 rings (SSSR count). The number of rotatable bonds is 0. The molecule has 100 valence electrons. The lowest BCUT2D eigenvalue weighted by Crippen LogP contribution is -2.59. The van der Waals surface area contributed by atoms with Crippen LogP contribution < -0.4 is 0 Å². The van der Waals surface area contributed by atoms with E-state index in [1.807, 2.05) is 0 Å². The lowest BCUT2D eigenvalue weighted by Gasteiger charge is -2.47. The molecule has 1 N–H and O–H groups in total. The zero-order valence-electron chi connectivity index (χ0n) is 15.4. The van der Waals surface area contributed by atoms with E-state index < -0.39 is 35.7 Å². The smallest absolute Gasteiger partial charge is 0.410 e. The number of likely N-dealkylation sites (tertiary alicyclic amines) is 1. The van der Waals surface area contributed by atoms with Gasteiger partial charge in [-0.05, 0) is 54.3 Å². The van der Waals surface area contributed by atoms with Crippen LogP contribution in [0.5, 0.6) is 0 Å². The molecule has 1 aliphatic heterocycles. The van der Waals surface area contributed by atoms with Gasteiger partial charge in [-0.1, -0.05) is 0 Å². The van der Waals surface area contributed by atoms with Crippen molar-refractivity contribution in [3.63, 3.8) is 0 Å². The van der Waals surface area contributed by atoms with Gasteiger partial charge in [-0.15, -0.1) is 0 Å². The molecular weight excluding hydrogens is 218 g/mol. The zero-order valence-corrected chi connectivity index (χ0v) is 11.4. The van der Waals surface area contributed by atoms with Crippen molar-refractivity contribution in [3.05, 3.63) is 0 Å². The second-order valence-corrected chi connectivity index (χ2v) is 6.17. The number of amides is 1. The highest BCUT2D eigenvalue weighted by molar-refractivity contribution is 5.69. The maximum Gasteiger partial charge on any atom is 0.410 e. The SMILES string of the molecule is [2H]C1([2H])CC(C)(C)N(C(=O)OC(C)(C)C)C([2H])([2H])C1(C)O. The van der Waals surface area contributed by atoms with Gasteiger partial charge in [0.1, 0.15) is 5.60 Å². The van der Waals surface area contributed by atoms with Crippen molar-refractivity contribution in [3.8, 4) is 0 Å². The Morgan fingerprint density at radius 1 is 1.41 bits per heavy atom. The maximum absolute atomic E-state index is 12.4. The van der Waals surface area contributed by atoms with Gasteiger partial charge in [0, 0.05) is 8.28 Å². The van der Waals surface area contributed by atoms with Crippen LogP contribution in [0.3, 0.4) is 0 Å². The van der Waals surface area contributed by atoms with Gasteiger partial charge in [-0.3, -0.25) is 0 Å². The highest BCUT2D eigenvalue weighted by Crippen LogP contribution is 2.33. The standard InChI is InChI=1S/C13H25NO3/c1-11(2,3)17-10(15)14-9-13(6,16)8-7-12(14,4)5/h16H,7-9H2,1-6H3/i8D2,9D2. The molecule has 1 saturated heterocycles. The summed E-state index contributed by atoms with van der Waals surface area (Å²) in [6, 6.07) is 0. The summed E-state index contributed by atoms with van der Waals surface area (Å²) in [6.07, 6.45) is -3.29. The minimum atomic E-state index is -2.61. The largest absolute Gasteiger partial charge is 0.444 e. The molecule has 0 spiro atoms. The van der Waals surface area contributed by atoms with Crippen molar-refractivity contribution >= 4 is 6.09 Å². The van der Waals surface area contributed by atoms with Gasteiger partial charge in [0.05, 0.1) is 14.8 Å². The summed E-state index contributed by atoms with van der Waals surface area (Å²) in [7, 11) is 0. The van der Waals surface area contributed by atoms with E-state index in [0.29, 0.717) is 0 Å². The number of nitrogens with zero attached hydrogens (tertiary/aromatic N) is 1. The molecule has 4 nitrogen and oxygen atoms in total. The Kier molecular flexibility index (Phi) is 2.25. The average Bonchev–Trinajstić information content (AvgIpc) is 2.08. The van der Waals surface area contributed by atoms with E-state index in [-0.39, 0.29) is 6.42 Å². The van der Waals surface area contributed by atoms with E-state index in [4.69, 9.17) is 10.2 Å². The molecule has 1 aliphatic rings. The van der Waals surface area contributed by atoms with Gasteiger partial charge < -0.3 is 14.7 Å². The summed E-state index contributed by atoms with van der Waals surface area (Å²) < 4.78 is 37.4. The molecule has 17 heavy (non-hydrogen) atoms. The van der Waals surface area contributed by atoms with Crippen LogP contribution in [0, 0.1) is 0 Å². The van der Waals surface area contributed by atoms with Crippen LogP contribution in [0.4, 0.5) is 4.79 Å². The highest BCUT2D eigenvalue weighted by Gasteiger charge is 2.43. The zero-order chi connectivity index (χ0) is 17.1. The number of carbonyl (C=O) groups excluding carboxylic acids is 1. The van der Waals surface area contributed by atoms with E-state index in [1.165, 1.54) is 0 Å². The molecule has 0 saturated carbocycles. The molecule has 1 amide bonds. The predicted molar refractivity (Wildman–Crippen MR) is 66.9 cm³/mol. The number of hydrogen-bond donors (Lipinski definition) is 1. The third-order valence-corrected chi connectivity index (χ3v) is 2.38. The van der Waals surface area contributed by atoms with Crippen molar-refractivity contribution in [2.75, 3.05) is 6.50 Å². The van der Waals surface area contributed by atoms with E-state index >= 15 is 0 Å². The monoisotopic (exact) mass is 247 g/mol. The molecule has 1 atom stereocenters. The molecule has 0 aliphatic carbocycles. The minimum Gasteiger partial charge on any atom is -0.444 e. The molecule has 0 bridgehead atoms. The van der Waals surface area contributed by atoms with Crippen molar-refractivity contribution in [2.24, 2.45) is 0 Å². The molecule has 1 heterocycles. The lowest BCUT2D eigenvalue weighted by molar-refractivity contribution is -0.0722. The number of piperidine rings is 1. The van der Waals surface area contributed by atoms with Gasteiger partial charge in [0.2, 0.25) is 0 Å². The van der Waals surface area contributed by atoms with Crippen molar-refractivity contribution in [1.29, 1.82) is 0 Å². The maximum atomic E-state index is 12.4. The van der Waals surface area contributed by atoms with Gasteiger partial charge in [0.15, 0.2) is 0 Å². The van der Waals surface area contributed by atoms with Gasteiger partial charge in [0.25, 0.3) is 0 Å². The van der Waals surface area contributed by atoms with Crippen molar-refractivity contribution in [1.82, 2.24) is 4.90 Å². The van der Waals surface area contributed by atoms with E-state index in [9.17, 15) is 9.90 Å². The summed E-state index contributed by atoms with van der Waals surface area (Å²) >= 11 is 0. The van der Waals surface area contributed by atoms with Crippen LogP contribution in [0.2, 0.25) is 0 Å². The second-order valence-electron chi connectivity index (χ2n) is 6.17. The third kappa shape index (κ3) is 3.87. The Bertz CT molecular complexity index is 441. The summed E-state index contributed by atoms with van der Waals surface area (Å²) in [5, 5.41) is 10.4. The predicted octanol–water partition coefficient (Wildman–Crippen LogP) is 2.55. The number of hydrogen-bond acceptors (Lipinski definition) is 3. The first kappa shape index (κ1) is 9.20. The molecule has 0 aromatic rings. The minimum absolute atomic E-state index is 0.203. The quantitative estimate of drug-likeness (QED) is 0.715. The molecule has 0 radical (unpaired) electrons. The first-order chi connectivity index (χ1) is 8.96. The summed E-state index contributed by atoms with van der Waals surface area (Å²) in [4.78, 5) is 13.2. The second kappa shape index (κ2) is 4.16. The summed E-state index contributed by atoms with van der Waals surface area (Å²) in [5.74, 6) is 0. The van der Waals surface area contributed by atoms with Crippen molar-refractivity contribution in [2.45, 2.75) is 71.1 Å². The number of carbonyl (C=O) groups is 1. The van der Waals surface area contributed by atoms with E-state index in [1.54, 1.807) is 34.6 Å². The molecule has 0 aromatic heterocycles. The topological polar surface area (TPSA) is 49.8 Å². The number of β-amino-alcohol motifs (C(OH)–C–C–N with tert-alkyl or cyclic N) is 1. The highest BCUT2D eigenvalue weighted by atomic mass is 16.6.